The third kappa shape index (κ3) is 1.72. The zero-order valence-corrected chi connectivity index (χ0v) is 7.01. The summed E-state index contributed by atoms with van der Waals surface area (Å²) in [5.74, 6) is 0. The molecule has 4 heteroatoms. The Balaban J connectivity index is 2.47. The first-order valence-corrected chi connectivity index (χ1v) is 5.12. The first-order chi connectivity index (χ1) is 4.20. The van der Waals surface area contributed by atoms with Crippen molar-refractivity contribution in [3.8, 4) is 0 Å². The molecule has 0 amide bonds. The van der Waals surface area contributed by atoms with Gasteiger partial charge in [0.25, 0.3) is 0 Å². The molecule has 0 saturated carbocycles. The normalized spacial score (nSPS) is 29.1. The number of hydrogen-bond donors (Lipinski definition) is 1. The van der Waals surface area contributed by atoms with Crippen LogP contribution < -0.4 is 5.32 Å². The second kappa shape index (κ2) is 2.75. The third-order valence-corrected chi connectivity index (χ3v) is 3.70. The molecule has 1 aliphatic heterocycles. The van der Waals surface area contributed by atoms with Gasteiger partial charge in [-0.15, -0.1) is 0 Å². The van der Waals surface area contributed by atoms with Gasteiger partial charge in [0.2, 0.25) is 0 Å². The van der Waals surface area contributed by atoms with Gasteiger partial charge in [0.1, 0.15) is 0 Å². The first kappa shape index (κ1) is 7.15. The fourth-order valence-electron chi connectivity index (χ4n) is 0.586. The summed E-state index contributed by atoms with van der Waals surface area (Å²) in [6, 6.07) is 0. The lowest BCUT2D eigenvalue weighted by molar-refractivity contribution is 0.682. The van der Waals surface area contributed by atoms with Crippen LogP contribution in [0.1, 0.15) is 6.92 Å². The van der Waals surface area contributed by atoms with E-state index in [1.54, 1.807) is 18.0 Å². The van der Waals surface area contributed by atoms with E-state index in [1.165, 1.54) is 4.91 Å². The maximum absolute atomic E-state index is 10.8. The molecule has 0 aromatic rings. The Morgan fingerprint density at radius 1 is 1.89 bits per heavy atom. The molecular weight excluding hydrogens is 154 g/mol. The van der Waals surface area contributed by atoms with Crippen molar-refractivity contribution < 1.29 is 4.21 Å². The van der Waals surface area contributed by atoms with Crippen LogP contribution in [-0.4, -0.2) is 15.2 Å². The Hall–Kier alpha value is 0.0400. The maximum Gasteiger partial charge on any atom is 0.153 e. The van der Waals surface area contributed by atoms with E-state index >= 15 is 0 Å². The molecule has 0 fully saturated rings. The Morgan fingerprint density at radius 3 is 2.78 bits per heavy atom. The van der Waals surface area contributed by atoms with Gasteiger partial charge in [-0.05, 0) is 6.92 Å². The van der Waals surface area contributed by atoms with Crippen molar-refractivity contribution in [3.63, 3.8) is 0 Å². The van der Waals surface area contributed by atoms with E-state index < -0.39 is 10.8 Å². The highest BCUT2D eigenvalue weighted by molar-refractivity contribution is 8.13. The van der Waals surface area contributed by atoms with Gasteiger partial charge in [-0.3, -0.25) is 4.21 Å². The van der Waals surface area contributed by atoms with E-state index in [9.17, 15) is 4.21 Å². The van der Waals surface area contributed by atoms with Gasteiger partial charge >= 0.3 is 0 Å². The zero-order chi connectivity index (χ0) is 6.85. The van der Waals surface area contributed by atoms with Gasteiger partial charge in [0.05, 0.1) is 10.8 Å². The van der Waals surface area contributed by atoms with Gasteiger partial charge in [0, 0.05) is 17.4 Å². The summed E-state index contributed by atoms with van der Waals surface area (Å²) in [6.07, 6.45) is 3.60. The van der Waals surface area contributed by atoms with Crippen molar-refractivity contribution in [1.82, 2.24) is 5.32 Å². The van der Waals surface area contributed by atoms with Crippen molar-refractivity contribution in [1.29, 1.82) is 0 Å². The minimum Gasteiger partial charge on any atom is -0.368 e. The van der Waals surface area contributed by atoms with Crippen LogP contribution in [0, 0.1) is 0 Å². The topological polar surface area (TPSA) is 29.1 Å². The predicted octanol–water partition coefficient (Wildman–Crippen LogP) is 0.846. The first-order valence-electron chi connectivity index (χ1n) is 2.62. The molecule has 1 rings (SSSR count). The average molecular weight is 163 g/mol. The summed E-state index contributed by atoms with van der Waals surface area (Å²) >= 11 is 1.62. The number of nitrogens with one attached hydrogen (secondary N) is 1. The fourth-order valence-corrected chi connectivity index (χ4v) is 2.45. The number of thioether (sulfide) groups is 1. The molecule has 0 aromatic carbocycles. The van der Waals surface area contributed by atoms with Crippen molar-refractivity contribution in [2.75, 3.05) is 6.26 Å². The Bertz CT molecular complexity index is 166. The highest BCUT2D eigenvalue weighted by Gasteiger charge is 2.16. The van der Waals surface area contributed by atoms with Crippen molar-refractivity contribution in [3.05, 3.63) is 11.1 Å². The second-order valence-corrected chi connectivity index (χ2v) is 4.99. The molecule has 2 nitrogen and oxygen atoms in total. The fraction of sp³-hybridized carbons (Fsp3) is 0.600. The molecule has 0 aromatic heterocycles. The molecule has 1 aliphatic rings. The molecule has 9 heavy (non-hydrogen) atoms. The van der Waals surface area contributed by atoms with Crippen LogP contribution in [0.15, 0.2) is 11.1 Å². The zero-order valence-electron chi connectivity index (χ0n) is 5.38. The minimum atomic E-state index is -0.762. The maximum atomic E-state index is 10.8. The summed E-state index contributed by atoms with van der Waals surface area (Å²) in [4.78, 5) is 1.20. The average Bonchev–Trinajstić information content (AvgIpc) is 2.14. The van der Waals surface area contributed by atoms with Crippen LogP contribution in [0.25, 0.3) is 0 Å². The summed E-state index contributed by atoms with van der Waals surface area (Å²) in [6.45, 7) is 2.00. The van der Waals surface area contributed by atoms with Gasteiger partial charge in [-0.2, -0.15) is 0 Å². The minimum absolute atomic E-state index is 0.0880. The Morgan fingerprint density at radius 2 is 2.56 bits per heavy atom. The van der Waals surface area contributed by atoms with Crippen molar-refractivity contribution in [2.24, 2.45) is 0 Å². The summed E-state index contributed by atoms with van der Waals surface area (Å²) < 4.78 is 10.9. The third-order valence-electron chi connectivity index (χ3n) is 1.02. The van der Waals surface area contributed by atoms with E-state index in [2.05, 4.69) is 5.32 Å². The van der Waals surface area contributed by atoms with E-state index in [0.29, 0.717) is 0 Å². The number of hydrogen-bond acceptors (Lipinski definition) is 3. The highest BCUT2D eigenvalue weighted by Crippen LogP contribution is 2.25. The van der Waals surface area contributed by atoms with Crippen LogP contribution in [0.4, 0.5) is 0 Å². The quantitative estimate of drug-likeness (QED) is 0.621. The predicted molar refractivity (Wildman–Crippen MR) is 42.3 cm³/mol. The van der Waals surface area contributed by atoms with Crippen LogP contribution >= 0.6 is 11.8 Å². The van der Waals surface area contributed by atoms with E-state index in [1.807, 2.05) is 13.1 Å². The summed E-state index contributed by atoms with van der Waals surface area (Å²) in [5.41, 5.74) is 0. The van der Waals surface area contributed by atoms with Crippen molar-refractivity contribution >= 4 is 22.6 Å². The molecule has 0 radical (unpaired) electrons. The number of allylic oxidation sites excluding steroid dienone is 1. The molecule has 52 valence electrons. The lowest BCUT2D eigenvalue weighted by atomic mass is 10.7. The molecular formula is C5H9NOS2. The van der Waals surface area contributed by atoms with Crippen LogP contribution in [-0.2, 0) is 10.8 Å². The monoisotopic (exact) mass is 163 g/mol. The largest absolute Gasteiger partial charge is 0.368 e. The van der Waals surface area contributed by atoms with Crippen molar-refractivity contribution in [2.45, 2.75) is 11.6 Å². The molecule has 1 heterocycles. The lowest BCUT2D eigenvalue weighted by Gasteiger charge is -2.04. The molecule has 2 atom stereocenters. The smallest absolute Gasteiger partial charge is 0.153 e. The number of rotatable bonds is 1. The van der Waals surface area contributed by atoms with Crippen LogP contribution in [0.2, 0.25) is 0 Å². The SMILES string of the molecule is CC1=CNC(S(C)=O)S1. The second-order valence-electron chi connectivity index (χ2n) is 1.87. The summed E-state index contributed by atoms with van der Waals surface area (Å²) in [5, 5.41) is 3.01. The van der Waals surface area contributed by atoms with Gasteiger partial charge in [0.15, 0.2) is 4.71 Å². The van der Waals surface area contributed by atoms with E-state index in [4.69, 9.17) is 0 Å². The molecule has 0 bridgehead atoms. The van der Waals surface area contributed by atoms with Gasteiger partial charge in [-0.25, -0.2) is 0 Å². The molecule has 1 N–H and O–H groups in total. The van der Waals surface area contributed by atoms with E-state index in [-0.39, 0.29) is 4.71 Å². The molecule has 0 saturated heterocycles. The van der Waals surface area contributed by atoms with Gasteiger partial charge < -0.3 is 5.32 Å². The molecule has 0 aliphatic carbocycles. The molecule has 2 unspecified atom stereocenters. The Kier molecular flexibility index (Phi) is 2.18. The van der Waals surface area contributed by atoms with E-state index in [0.717, 1.165) is 0 Å². The van der Waals surface area contributed by atoms with Gasteiger partial charge in [-0.1, -0.05) is 11.8 Å². The van der Waals surface area contributed by atoms with Crippen LogP contribution in [0.5, 0.6) is 0 Å². The Labute approximate surface area is 61.6 Å². The molecule has 0 spiro atoms. The lowest BCUT2D eigenvalue weighted by Crippen LogP contribution is -2.20. The summed E-state index contributed by atoms with van der Waals surface area (Å²) in [7, 11) is -0.762. The highest BCUT2D eigenvalue weighted by atomic mass is 32.2. The van der Waals surface area contributed by atoms with Crippen LogP contribution in [0.3, 0.4) is 0 Å². The standard InChI is InChI=1S/C5H9NOS2/c1-4-3-6-5(8-4)9(2)7/h3,5-6H,1-2H3.